The van der Waals surface area contributed by atoms with Gasteiger partial charge in [-0.3, -0.25) is 0 Å². The van der Waals surface area contributed by atoms with Crippen LogP contribution in [0, 0.1) is 17.8 Å². The Labute approximate surface area is 173 Å². The van der Waals surface area contributed by atoms with Gasteiger partial charge in [-0.2, -0.15) is 0 Å². The Morgan fingerprint density at radius 3 is 1.44 bits per heavy atom. The molecule has 27 heavy (non-hydrogen) atoms. The molecule has 0 aromatic rings. The van der Waals surface area contributed by atoms with Crippen molar-refractivity contribution in [3.05, 3.63) is 0 Å². The fourth-order valence-corrected chi connectivity index (χ4v) is 3.98. The molecule has 0 radical (unpaired) electrons. The largest absolute Gasteiger partial charge is 0.103 e. The highest BCUT2D eigenvalue weighted by atomic mass is 14.1. The van der Waals surface area contributed by atoms with Crippen molar-refractivity contribution in [3.8, 4) is 11.8 Å². The van der Waals surface area contributed by atoms with Crippen molar-refractivity contribution >= 4 is 0 Å². The maximum absolute atomic E-state index is 3.51. The number of unbranched alkanes of at least 4 members (excludes halogenated alkanes) is 15. The Bertz CT molecular complexity index is 319. The summed E-state index contributed by atoms with van der Waals surface area (Å²) in [5.41, 5.74) is 0. The summed E-state index contributed by atoms with van der Waals surface area (Å²) in [4.78, 5) is 0. The van der Waals surface area contributed by atoms with Crippen molar-refractivity contribution in [2.45, 2.75) is 156 Å². The molecule has 0 aromatic carbocycles. The van der Waals surface area contributed by atoms with Crippen molar-refractivity contribution in [1.82, 2.24) is 0 Å². The van der Waals surface area contributed by atoms with Gasteiger partial charge in [-0.15, -0.1) is 11.8 Å². The van der Waals surface area contributed by atoms with E-state index in [-0.39, 0.29) is 0 Å². The van der Waals surface area contributed by atoms with Gasteiger partial charge in [-0.1, -0.05) is 124 Å². The molecule has 0 N–H and O–H groups in total. The molecule has 0 aliphatic carbocycles. The SMILES string of the molecule is CCCCCCCCCCCC#CCC(CCC)CCCCCCCCC. The van der Waals surface area contributed by atoms with Gasteiger partial charge in [-0.25, -0.2) is 0 Å². The van der Waals surface area contributed by atoms with Crippen LogP contribution in [0.25, 0.3) is 0 Å². The molecule has 1 unspecified atom stereocenters. The predicted molar refractivity (Wildman–Crippen MR) is 125 cm³/mol. The third kappa shape index (κ3) is 21.7. The summed E-state index contributed by atoms with van der Waals surface area (Å²) < 4.78 is 0. The molecule has 0 heterocycles. The summed E-state index contributed by atoms with van der Waals surface area (Å²) in [5, 5.41) is 0. The van der Waals surface area contributed by atoms with Gasteiger partial charge in [-0.05, 0) is 25.2 Å². The van der Waals surface area contributed by atoms with Crippen LogP contribution < -0.4 is 0 Å². The van der Waals surface area contributed by atoms with Crippen LogP contribution in [0.3, 0.4) is 0 Å². The quantitative estimate of drug-likeness (QED) is 0.146. The molecule has 0 saturated carbocycles. The van der Waals surface area contributed by atoms with Crippen molar-refractivity contribution in [3.63, 3.8) is 0 Å². The van der Waals surface area contributed by atoms with Gasteiger partial charge in [0.25, 0.3) is 0 Å². The van der Waals surface area contributed by atoms with Crippen LogP contribution in [0.1, 0.15) is 156 Å². The van der Waals surface area contributed by atoms with E-state index in [1.165, 1.54) is 122 Å². The molecule has 0 saturated heterocycles. The molecule has 0 aliphatic rings. The molecule has 0 rings (SSSR count). The van der Waals surface area contributed by atoms with Crippen molar-refractivity contribution < 1.29 is 0 Å². The van der Waals surface area contributed by atoms with Gasteiger partial charge in [0.2, 0.25) is 0 Å². The second-order valence-corrected chi connectivity index (χ2v) is 8.70. The first-order valence-electron chi connectivity index (χ1n) is 12.8. The summed E-state index contributed by atoms with van der Waals surface area (Å²) in [6.07, 6.45) is 29.1. The van der Waals surface area contributed by atoms with E-state index in [0.717, 1.165) is 18.8 Å². The van der Waals surface area contributed by atoms with Crippen LogP contribution in [-0.4, -0.2) is 0 Å². The molecule has 0 amide bonds. The summed E-state index contributed by atoms with van der Waals surface area (Å²) in [5.74, 6) is 7.84. The summed E-state index contributed by atoms with van der Waals surface area (Å²) in [6, 6.07) is 0. The highest BCUT2D eigenvalue weighted by molar-refractivity contribution is 4.99. The average molecular weight is 377 g/mol. The zero-order valence-corrected chi connectivity index (χ0v) is 19.4. The number of hydrogen-bond donors (Lipinski definition) is 0. The molecule has 160 valence electrons. The Balaban J connectivity index is 3.54. The van der Waals surface area contributed by atoms with E-state index in [9.17, 15) is 0 Å². The minimum Gasteiger partial charge on any atom is -0.103 e. The van der Waals surface area contributed by atoms with E-state index in [1.54, 1.807) is 0 Å². The number of rotatable bonds is 20. The fraction of sp³-hybridized carbons (Fsp3) is 0.926. The molecule has 0 spiro atoms. The Kier molecular flexibility index (Phi) is 23.2. The van der Waals surface area contributed by atoms with Crippen molar-refractivity contribution in [1.29, 1.82) is 0 Å². The molecule has 0 heteroatoms. The zero-order valence-electron chi connectivity index (χ0n) is 19.4. The van der Waals surface area contributed by atoms with Gasteiger partial charge in [0.05, 0.1) is 0 Å². The predicted octanol–water partition coefficient (Wildman–Crippen LogP) is 9.86. The first-order chi connectivity index (χ1) is 13.3. The van der Waals surface area contributed by atoms with Gasteiger partial charge in [0, 0.05) is 12.8 Å². The van der Waals surface area contributed by atoms with Crippen LogP contribution in [-0.2, 0) is 0 Å². The highest BCUT2D eigenvalue weighted by Gasteiger charge is 2.05. The summed E-state index contributed by atoms with van der Waals surface area (Å²) in [7, 11) is 0. The zero-order chi connectivity index (χ0) is 19.8. The number of hydrogen-bond acceptors (Lipinski definition) is 0. The van der Waals surface area contributed by atoms with E-state index in [0.29, 0.717) is 0 Å². The summed E-state index contributed by atoms with van der Waals surface area (Å²) in [6.45, 7) is 6.92. The highest BCUT2D eigenvalue weighted by Crippen LogP contribution is 2.20. The lowest BCUT2D eigenvalue weighted by Crippen LogP contribution is -1.99. The van der Waals surface area contributed by atoms with E-state index in [4.69, 9.17) is 0 Å². The van der Waals surface area contributed by atoms with Crippen molar-refractivity contribution in [2.75, 3.05) is 0 Å². The molecular weight excluding hydrogens is 324 g/mol. The maximum Gasteiger partial charge on any atom is 0.0117 e. The first-order valence-corrected chi connectivity index (χ1v) is 12.8. The van der Waals surface area contributed by atoms with Crippen LogP contribution in [0.4, 0.5) is 0 Å². The molecule has 0 nitrogen and oxygen atoms in total. The van der Waals surface area contributed by atoms with Crippen LogP contribution >= 0.6 is 0 Å². The van der Waals surface area contributed by atoms with E-state index >= 15 is 0 Å². The van der Waals surface area contributed by atoms with Gasteiger partial charge >= 0.3 is 0 Å². The lowest BCUT2D eigenvalue weighted by molar-refractivity contribution is 0.427. The van der Waals surface area contributed by atoms with Crippen LogP contribution in [0.15, 0.2) is 0 Å². The smallest absolute Gasteiger partial charge is 0.0117 e. The van der Waals surface area contributed by atoms with Crippen molar-refractivity contribution in [2.24, 2.45) is 5.92 Å². The average Bonchev–Trinajstić information content (AvgIpc) is 2.68. The maximum atomic E-state index is 3.51. The summed E-state index contributed by atoms with van der Waals surface area (Å²) >= 11 is 0. The monoisotopic (exact) mass is 376 g/mol. The van der Waals surface area contributed by atoms with E-state index < -0.39 is 0 Å². The minimum atomic E-state index is 0.862. The molecular formula is C27H52. The second-order valence-electron chi connectivity index (χ2n) is 8.70. The third-order valence-corrected chi connectivity index (χ3v) is 5.83. The first kappa shape index (κ1) is 26.6. The Hall–Kier alpha value is -0.440. The molecule has 0 fully saturated rings. The third-order valence-electron chi connectivity index (χ3n) is 5.83. The molecule has 1 atom stereocenters. The van der Waals surface area contributed by atoms with E-state index in [1.807, 2.05) is 0 Å². The standard InChI is InChI=1S/C27H52/c1-4-7-9-11-13-14-15-16-17-19-21-23-26-27(24-6-3)25-22-20-18-12-10-8-5-2/h27H,4-20,22,24-26H2,1-3H3. The van der Waals surface area contributed by atoms with E-state index in [2.05, 4.69) is 32.6 Å². The lowest BCUT2D eigenvalue weighted by atomic mass is 9.93. The normalized spacial score (nSPS) is 12.0. The Morgan fingerprint density at radius 1 is 0.444 bits per heavy atom. The molecule has 0 aliphatic heterocycles. The molecule has 0 bridgehead atoms. The van der Waals surface area contributed by atoms with Crippen LogP contribution in [0.2, 0.25) is 0 Å². The topological polar surface area (TPSA) is 0 Å². The fourth-order valence-electron chi connectivity index (χ4n) is 3.98. The molecule has 0 aromatic heterocycles. The minimum absolute atomic E-state index is 0.862. The van der Waals surface area contributed by atoms with Crippen LogP contribution in [0.5, 0.6) is 0 Å². The lowest BCUT2D eigenvalue weighted by Gasteiger charge is -2.12. The van der Waals surface area contributed by atoms with Gasteiger partial charge in [0.15, 0.2) is 0 Å². The Morgan fingerprint density at radius 2 is 0.926 bits per heavy atom. The van der Waals surface area contributed by atoms with Gasteiger partial charge in [0.1, 0.15) is 0 Å². The second kappa shape index (κ2) is 23.6. The van der Waals surface area contributed by atoms with Gasteiger partial charge < -0.3 is 0 Å².